The van der Waals surface area contributed by atoms with Gasteiger partial charge < -0.3 is 9.64 Å². The molecular formula is C19H19Cl2NO2. The van der Waals surface area contributed by atoms with E-state index in [1.54, 1.807) is 25.3 Å². The number of carbonyl (C=O) groups excluding carboxylic acids is 1. The molecule has 0 bridgehead atoms. The molecule has 1 amide bonds. The highest BCUT2D eigenvalue weighted by Gasteiger charge is 2.27. The molecule has 3 nitrogen and oxygen atoms in total. The van der Waals surface area contributed by atoms with Gasteiger partial charge in [0, 0.05) is 23.2 Å². The maximum absolute atomic E-state index is 12.7. The molecule has 1 aliphatic heterocycles. The van der Waals surface area contributed by atoms with Crippen LogP contribution in [0.15, 0.2) is 36.4 Å². The Hall–Kier alpha value is -1.71. The van der Waals surface area contributed by atoms with Crippen molar-refractivity contribution in [3.8, 4) is 16.9 Å². The van der Waals surface area contributed by atoms with Crippen molar-refractivity contribution < 1.29 is 9.53 Å². The highest BCUT2D eigenvalue weighted by molar-refractivity contribution is 6.34. The van der Waals surface area contributed by atoms with Crippen molar-refractivity contribution >= 4 is 29.1 Å². The van der Waals surface area contributed by atoms with Crippen LogP contribution in [0.25, 0.3) is 11.1 Å². The summed E-state index contributed by atoms with van der Waals surface area (Å²) in [7, 11) is 1.61. The lowest BCUT2D eigenvalue weighted by atomic mass is 10.0. The van der Waals surface area contributed by atoms with Gasteiger partial charge in [0.2, 0.25) is 0 Å². The van der Waals surface area contributed by atoms with Gasteiger partial charge in [0.1, 0.15) is 5.75 Å². The summed E-state index contributed by atoms with van der Waals surface area (Å²) >= 11 is 12.5. The molecule has 0 aromatic heterocycles. The van der Waals surface area contributed by atoms with Crippen molar-refractivity contribution in [2.45, 2.75) is 25.8 Å². The zero-order valence-electron chi connectivity index (χ0n) is 13.7. The average molecular weight is 364 g/mol. The van der Waals surface area contributed by atoms with Crippen molar-refractivity contribution in [1.29, 1.82) is 0 Å². The molecule has 1 atom stereocenters. The van der Waals surface area contributed by atoms with E-state index in [0.717, 1.165) is 30.5 Å². The molecule has 1 saturated heterocycles. The first-order valence-electron chi connectivity index (χ1n) is 7.95. The molecule has 2 aromatic rings. The maximum atomic E-state index is 12.7. The van der Waals surface area contributed by atoms with Gasteiger partial charge in [-0.3, -0.25) is 4.79 Å². The van der Waals surface area contributed by atoms with Crippen LogP contribution in [0.3, 0.4) is 0 Å². The van der Waals surface area contributed by atoms with Crippen LogP contribution in [0.2, 0.25) is 10.0 Å². The van der Waals surface area contributed by atoms with Gasteiger partial charge in [0.05, 0.1) is 17.7 Å². The summed E-state index contributed by atoms with van der Waals surface area (Å²) in [6.45, 7) is 2.87. The first-order chi connectivity index (χ1) is 11.5. The number of amides is 1. The summed E-state index contributed by atoms with van der Waals surface area (Å²) in [5.41, 5.74) is 2.25. The van der Waals surface area contributed by atoms with E-state index in [4.69, 9.17) is 27.9 Å². The standard InChI is InChI=1S/C19H19Cl2NO2/c1-12-4-3-9-22(12)19(23)15-7-5-13(10-17(15)21)16-11-14(20)6-8-18(16)24-2/h5-8,10-12H,3-4,9H2,1-2H3. The fourth-order valence-electron chi connectivity index (χ4n) is 3.15. The number of halogens is 2. The summed E-state index contributed by atoms with van der Waals surface area (Å²) in [6.07, 6.45) is 2.09. The van der Waals surface area contributed by atoms with Crippen LogP contribution in [-0.4, -0.2) is 30.5 Å². The van der Waals surface area contributed by atoms with Gasteiger partial charge in [-0.2, -0.15) is 0 Å². The monoisotopic (exact) mass is 363 g/mol. The van der Waals surface area contributed by atoms with Gasteiger partial charge in [-0.25, -0.2) is 0 Å². The third-order valence-electron chi connectivity index (χ3n) is 4.49. The van der Waals surface area contributed by atoms with Crippen LogP contribution in [0.5, 0.6) is 5.75 Å². The van der Waals surface area contributed by atoms with Gasteiger partial charge in [-0.05, 0) is 55.7 Å². The van der Waals surface area contributed by atoms with Crippen molar-refractivity contribution in [3.63, 3.8) is 0 Å². The number of hydrogen-bond donors (Lipinski definition) is 0. The van der Waals surface area contributed by atoms with E-state index in [1.165, 1.54) is 0 Å². The number of methoxy groups -OCH3 is 1. The molecule has 1 aliphatic rings. The number of hydrogen-bond acceptors (Lipinski definition) is 2. The molecule has 24 heavy (non-hydrogen) atoms. The van der Waals surface area contributed by atoms with Gasteiger partial charge in [-0.1, -0.05) is 29.3 Å². The molecule has 1 fully saturated rings. The molecule has 5 heteroatoms. The molecule has 126 valence electrons. The topological polar surface area (TPSA) is 29.5 Å². The number of likely N-dealkylation sites (tertiary alicyclic amines) is 1. The van der Waals surface area contributed by atoms with E-state index >= 15 is 0 Å². The van der Waals surface area contributed by atoms with Crippen molar-refractivity contribution in [1.82, 2.24) is 4.90 Å². The quantitative estimate of drug-likeness (QED) is 0.740. The largest absolute Gasteiger partial charge is 0.496 e. The van der Waals surface area contributed by atoms with Crippen LogP contribution in [0, 0.1) is 0 Å². The zero-order valence-corrected chi connectivity index (χ0v) is 15.2. The van der Waals surface area contributed by atoms with Crippen molar-refractivity contribution in [2.24, 2.45) is 0 Å². The van der Waals surface area contributed by atoms with E-state index in [1.807, 2.05) is 23.1 Å². The molecule has 1 unspecified atom stereocenters. The Bertz CT molecular complexity index is 776. The predicted octanol–water partition coefficient (Wildman–Crippen LogP) is 5.29. The number of nitrogens with zero attached hydrogens (tertiary/aromatic N) is 1. The maximum Gasteiger partial charge on any atom is 0.255 e. The molecule has 0 radical (unpaired) electrons. The van der Waals surface area contributed by atoms with E-state index in [9.17, 15) is 4.79 Å². The number of benzene rings is 2. The minimum atomic E-state index is -0.00499. The Morgan fingerprint density at radius 1 is 1.21 bits per heavy atom. The fourth-order valence-corrected chi connectivity index (χ4v) is 3.59. The van der Waals surface area contributed by atoms with Crippen LogP contribution in [-0.2, 0) is 0 Å². The highest BCUT2D eigenvalue weighted by atomic mass is 35.5. The average Bonchev–Trinajstić information content (AvgIpc) is 3.00. The Morgan fingerprint density at radius 3 is 2.62 bits per heavy atom. The van der Waals surface area contributed by atoms with E-state index in [0.29, 0.717) is 21.4 Å². The normalized spacial score (nSPS) is 17.2. The van der Waals surface area contributed by atoms with Crippen LogP contribution >= 0.6 is 23.2 Å². The van der Waals surface area contributed by atoms with E-state index in [-0.39, 0.29) is 11.9 Å². The van der Waals surface area contributed by atoms with Gasteiger partial charge in [0.15, 0.2) is 0 Å². The number of carbonyl (C=O) groups is 1. The Morgan fingerprint density at radius 2 is 2.00 bits per heavy atom. The predicted molar refractivity (Wildman–Crippen MR) is 98.2 cm³/mol. The first-order valence-corrected chi connectivity index (χ1v) is 8.71. The molecule has 0 saturated carbocycles. The van der Waals surface area contributed by atoms with Gasteiger partial charge in [0.25, 0.3) is 5.91 Å². The Labute approximate surface area is 152 Å². The summed E-state index contributed by atoms with van der Waals surface area (Å²) in [4.78, 5) is 14.6. The summed E-state index contributed by atoms with van der Waals surface area (Å²) in [6, 6.07) is 11.1. The summed E-state index contributed by atoms with van der Waals surface area (Å²) in [5, 5.41) is 1.06. The number of ether oxygens (including phenoxy) is 1. The molecule has 1 heterocycles. The third-order valence-corrected chi connectivity index (χ3v) is 5.03. The minimum absolute atomic E-state index is 0.00499. The lowest BCUT2D eigenvalue weighted by Gasteiger charge is -2.22. The van der Waals surface area contributed by atoms with Crippen molar-refractivity contribution in [2.75, 3.05) is 13.7 Å². The first kappa shape index (κ1) is 17.1. The zero-order chi connectivity index (χ0) is 17.3. The lowest BCUT2D eigenvalue weighted by Crippen LogP contribution is -2.33. The van der Waals surface area contributed by atoms with Gasteiger partial charge >= 0.3 is 0 Å². The summed E-state index contributed by atoms with van der Waals surface area (Å²) in [5.74, 6) is 0.706. The molecular weight excluding hydrogens is 345 g/mol. The second kappa shape index (κ2) is 7.04. The molecule has 0 N–H and O–H groups in total. The lowest BCUT2D eigenvalue weighted by molar-refractivity contribution is 0.0747. The smallest absolute Gasteiger partial charge is 0.255 e. The van der Waals surface area contributed by atoms with Crippen LogP contribution < -0.4 is 4.74 Å². The molecule has 2 aromatic carbocycles. The second-order valence-corrected chi connectivity index (χ2v) is 6.87. The van der Waals surface area contributed by atoms with Crippen LogP contribution in [0.1, 0.15) is 30.1 Å². The highest BCUT2D eigenvalue weighted by Crippen LogP contribution is 2.35. The molecule has 0 aliphatic carbocycles. The molecule has 0 spiro atoms. The van der Waals surface area contributed by atoms with E-state index < -0.39 is 0 Å². The third kappa shape index (κ3) is 3.24. The Kier molecular flexibility index (Phi) is 5.02. The minimum Gasteiger partial charge on any atom is -0.496 e. The summed E-state index contributed by atoms with van der Waals surface area (Å²) < 4.78 is 5.39. The van der Waals surface area contributed by atoms with Crippen molar-refractivity contribution in [3.05, 3.63) is 52.0 Å². The number of rotatable bonds is 3. The van der Waals surface area contributed by atoms with E-state index in [2.05, 4.69) is 6.92 Å². The van der Waals surface area contributed by atoms with Crippen LogP contribution in [0.4, 0.5) is 0 Å². The Balaban J connectivity index is 1.96. The van der Waals surface area contributed by atoms with Gasteiger partial charge in [-0.15, -0.1) is 0 Å². The second-order valence-electron chi connectivity index (χ2n) is 6.03. The SMILES string of the molecule is COc1ccc(Cl)cc1-c1ccc(C(=O)N2CCCC2C)c(Cl)c1. The molecule has 3 rings (SSSR count). The fraction of sp³-hybridized carbons (Fsp3) is 0.316.